The number of carbonyl (C=O) groups excluding carboxylic acids is 1. The molecule has 1 N–H and O–H groups in total. The van der Waals surface area contributed by atoms with Gasteiger partial charge in [-0.1, -0.05) is 47.5 Å². The summed E-state index contributed by atoms with van der Waals surface area (Å²) in [5.74, 6) is 0.223. The van der Waals surface area contributed by atoms with Crippen molar-refractivity contribution in [3.8, 4) is 0 Å². The van der Waals surface area contributed by atoms with E-state index in [-0.39, 0.29) is 5.91 Å². The minimum absolute atomic E-state index is 0.107. The molecular weight excluding hydrogens is 383 g/mol. The second-order valence-corrected chi connectivity index (χ2v) is 7.08. The van der Waals surface area contributed by atoms with Crippen LogP contribution >= 0.6 is 23.2 Å². The van der Waals surface area contributed by atoms with Gasteiger partial charge in [0.15, 0.2) is 0 Å². The van der Waals surface area contributed by atoms with Crippen molar-refractivity contribution >= 4 is 40.7 Å². The maximum absolute atomic E-state index is 12.9. The molecule has 0 fully saturated rings. The van der Waals surface area contributed by atoms with E-state index in [1.807, 2.05) is 17.0 Å². The van der Waals surface area contributed by atoms with Gasteiger partial charge in [0.05, 0.1) is 10.0 Å². The van der Waals surface area contributed by atoms with Crippen LogP contribution in [0.5, 0.6) is 0 Å². The van der Waals surface area contributed by atoms with Gasteiger partial charge in [-0.2, -0.15) is 0 Å². The van der Waals surface area contributed by atoms with Gasteiger partial charge in [-0.15, -0.1) is 0 Å². The molecule has 0 atom stereocenters. The van der Waals surface area contributed by atoms with Gasteiger partial charge in [0.25, 0.3) is 5.91 Å². The largest absolute Gasteiger partial charge is 0.333 e. The van der Waals surface area contributed by atoms with Crippen molar-refractivity contribution in [2.45, 2.75) is 13.0 Å². The third kappa shape index (κ3) is 3.89. The predicted molar refractivity (Wildman–Crippen MR) is 107 cm³/mol. The van der Waals surface area contributed by atoms with Gasteiger partial charge in [-0.05, 0) is 41.8 Å². The molecule has 5 nitrogen and oxygen atoms in total. The van der Waals surface area contributed by atoms with Crippen LogP contribution in [0.15, 0.2) is 54.7 Å². The molecule has 0 radical (unpaired) electrons. The molecule has 0 unspecified atom stereocenters. The van der Waals surface area contributed by atoms with Gasteiger partial charge >= 0.3 is 0 Å². The van der Waals surface area contributed by atoms with E-state index in [9.17, 15) is 4.79 Å². The number of nitrogens with zero attached hydrogens (tertiary/aromatic N) is 3. The number of halogens is 2. The number of fused-ring (bicyclic) bond motifs is 1. The Morgan fingerprint density at radius 1 is 1.04 bits per heavy atom. The zero-order chi connectivity index (χ0) is 18.8. The van der Waals surface area contributed by atoms with Crippen molar-refractivity contribution in [2.75, 3.05) is 11.9 Å². The highest BCUT2D eigenvalue weighted by Gasteiger charge is 2.22. The zero-order valence-corrected chi connectivity index (χ0v) is 15.8. The molecule has 7 heteroatoms. The van der Waals surface area contributed by atoms with E-state index >= 15 is 0 Å². The summed E-state index contributed by atoms with van der Waals surface area (Å²) in [6.07, 6.45) is 2.42. The number of hydrogen-bond donors (Lipinski definition) is 1. The Labute approximate surface area is 167 Å². The van der Waals surface area contributed by atoms with Crippen LogP contribution < -0.4 is 5.32 Å². The molecule has 27 heavy (non-hydrogen) atoms. The van der Waals surface area contributed by atoms with Crippen LogP contribution in [0.25, 0.3) is 0 Å². The van der Waals surface area contributed by atoms with Gasteiger partial charge in [0.2, 0.25) is 5.95 Å². The molecule has 0 bridgehead atoms. The number of aromatic nitrogens is 2. The van der Waals surface area contributed by atoms with Crippen LogP contribution in [0.1, 0.15) is 21.6 Å². The molecule has 1 aromatic heterocycles. The summed E-state index contributed by atoms with van der Waals surface area (Å²) in [5, 5.41) is 3.95. The fourth-order valence-electron chi connectivity index (χ4n) is 3.07. The maximum Gasteiger partial charge on any atom is 0.272 e. The summed E-state index contributed by atoms with van der Waals surface area (Å²) in [4.78, 5) is 23.2. The van der Waals surface area contributed by atoms with Gasteiger partial charge in [0, 0.05) is 25.0 Å². The second kappa shape index (κ2) is 7.55. The molecule has 4 rings (SSSR count). The lowest BCUT2D eigenvalue weighted by atomic mass is 10.00. The molecule has 0 aliphatic carbocycles. The number of amides is 1. The average molecular weight is 399 g/mol. The minimum Gasteiger partial charge on any atom is -0.333 e. The topological polar surface area (TPSA) is 58.1 Å². The first-order valence-electron chi connectivity index (χ1n) is 8.51. The fraction of sp³-hybridized carbons (Fsp3) is 0.150. The summed E-state index contributed by atoms with van der Waals surface area (Å²) < 4.78 is 0. The van der Waals surface area contributed by atoms with E-state index in [1.165, 1.54) is 11.1 Å². The average Bonchev–Trinajstić information content (AvgIpc) is 2.70. The van der Waals surface area contributed by atoms with E-state index < -0.39 is 0 Å². The van der Waals surface area contributed by atoms with Crippen LogP contribution in [-0.2, 0) is 13.0 Å². The second-order valence-electron chi connectivity index (χ2n) is 6.26. The highest BCUT2D eigenvalue weighted by molar-refractivity contribution is 6.42. The lowest BCUT2D eigenvalue weighted by molar-refractivity contribution is 0.0728. The van der Waals surface area contributed by atoms with E-state index in [0.717, 1.165) is 6.42 Å². The van der Waals surface area contributed by atoms with Gasteiger partial charge in [-0.3, -0.25) is 4.79 Å². The molecule has 2 aromatic carbocycles. The molecule has 0 saturated carbocycles. The van der Waals surface area contributed by atoms with Crippen molar-refractivity contribution in [3.05, 3.63) is 81.6 Å². The van der Waals surface area contributed by atoms with Crippen molar-refractivity contribution in [1.29, 1.82) is 0 Å². The van der Waals surface area contributed by atoms with Crippen molar-refractivity contribution in [3.63, 3.8) is 0 Å². The quantitative estimate of drug-likeness (QED) is 0.692. The lowest BCUT2D eigenvalue weighted by Crippen LogP contribution is -2.36. The normalized spacial score (nSPS) is 13.2. The molecule has 0 saturated heterocycles. The Balaban J connectivity index is 1.52. The molecular formula is C20H16Cl2N4O. The fourth-order valence-corrected chi connectivity index (χ4v) is 3.37. The number of anilines is 2. The van der Waals surface area contributed by atoms with Crippen LogP contribution in [0.2, 0.25) is 10.0 Å². The third-order valence-electron chi connectivity index (χ3n) is 4.47. The molecule has 3 aromatic rings. The maximum atomic E-state index is 12.9. The molecule has 2 heterocycles. The van der Waals surface area contributed by atoms with Crippen LogP contribution in [0.4, 0.5) is 11.6 Å². The van der Waals surface area contributed by atoms with Gasteiger partial charge in [-0.25, -0.2) is 9.97 Å². The van der Waals surface area contributed by atoms with Crippen molar-refractivity contribution in [2.24, 2.45) is 0 Å². The number of rotatable bonds is 3. The van der Waals surface area contributed by atoms with Crippen molar-refractivity contribution < 1.29 is 4.79 Å². The van der Waals surface area contributed by atoms with Crippen LogP contribution in [-0.4, -0.2) is 27.3 Å². The molecule has 0 spiro atoms. The number of benzene rings is 2. The molecule has 1 amide bonds. The highest BCUT2D eigenvalue weighted by atomic mass is 35.5. The highest BCUT2D eigenvalue weighted by Crippen LogP contribution is 2.26. The summed E-state index contributed by atoms with van der Waals surface area (Å²) in [5.41, 5.74) is 3.53. The Morgan fingerprint density at radius 2 is 1.85 bits per heavy atom. The first-order valence-corrected chi connectivity index (χ1v) is 9.27. The van der Waals surface area contributed by atoms with Crippen LogP contribution in [0.3, 0.4) is 0 Å². The smallest absolute Gasteiger partial charge is 0.272 e. The predicted octanol–water partition coefficient (Wildman–Crippen LogP) is 4.73. The van der Waals surface area contributed by atoms with Gasteiger partial charge < -0.3 is 10.2 Å². The van der Waals surface area contributed by atoms with E-state index in [4.69, 9.17) is 23.2 Å². The molecule has 1 aliphatic heterocycles. The van der Waals surface area contributed by atoms with E-state index in [1.54, 1.807) is 30.5 Å². The van der Waals surface area contributed by atoms with E-state index in [2.05, 4.69) is 27.4 Å². The Morgan fingerprint density at radius 3 is 2.67 bits per heavy atom. The standard InChI is InChI=1S/C20H16Cl2N4O/c21-16-6-5-15(11-17(16)22)24-20-23-9-7-18(25-20)19(27)26-10-8-13-3-1-2-4-14(13)12-26/h1-7,9,11H,8,10,12H2,(H,23,24,25). The van der Waals surface area contributed by atoms with Gasteiger partial charge in [0.1, 0.15) is 5.69 Å². The SMILES string of the molecule is O=C(c1ccnc(Nc2ccc(Cl)c(Cl)c2)n1)N1CCc2ccccc2C1. The summed E-state index contributed by atoms with van der Waals surface area (Å²) in [7, 11) is 0. The van der Waals surface area contributed by atoms with E-state index in [0.29, 0.717) is 40.5 Å². The lowest BCUT2D eigenvalue weighted by Gasteiger charge is -2.28. The monoisotopic (exact) mass is 398 g/mol. The zero-order valence-electron chi connectivity index (χ0n) is 14.3. The number of carbonyl (C=O) groups is 1. The Bertz CT molecular complexity index is 1010. The summed E-state index contributed by atoms with van der Waals surface area (Å²) >= 11 is 12.0. The van der Waals surface area contributed by atoms with Crippen LogP contribution in [0, 0.1) is 0 Å². The van der Waals surface area contributed by atoms with Crippen molar-refractivity contribution in [1.82, 2.24) is 14.9 Å². The first kappa shape index (κ1) is 17.8. The third-order valence-corrected chi connectivity index (χ3v) is 5.21. The minimum atomic E-state index is -0.107. The Kier molecular flexibility index (Phi) is 4.97. The first-order chi connectivity index (χ1) is 13.1. The summed E-state index contributed by atoms with van der Waals surface area (Å²) in [6.45, 7) is 1.27. The Hall–Kier alpha value is -2.63. The molecule has 1 aliphatic rings. The number of hydrogen-bond acceptors (Lipinski definition) is 4. The molecule has 136 valence electrons. The summed E-state index contributed by atoms with van der Waals surface area (Å²) in [6, 6.07) is 15.0. The number of nitrogens with one attached hydrogen (secondary N) is 1.